The molecule has 0 spiro atoms. The van der Waals surface area contributed by atoms with Crippen molar-refractivity contribution in [1.82, 2.24) is 19.9 Å². The summed E-state index contributed by atoms with van der Waals surface area (Å²) >= 11 is 0. The lowest BCUT2D eigenvalue weighted by molar-refractivity contribution is 0.0690. The number of halogens is 2. The lowest BCUT2D eigenvalue weighted by Gasteiger charge is -2.05. The molecule has 0 atom stereocenters. The number of carbonyl (C=O) groups is 1. The number of benzene rings is 1. The van der Waals surface area contributed by atoms with Crippen LogP contribution in [0.4, 0.5) is 8.78 Å². The maximum atomic E-state index is 13.9. The first-order chi connectivity index (χ1) is 10.1. The van der Waals surface area contributed by atoms with Gasteiger partial charge in [0.15, 0.2) is 11.3 Å². The molecule has 104 valence electrons. The summed E-state index contributed by atoms with van der Waals surface area (Å²) < 4.78 is 26.8. The third kappa shape index (κ3) is 2.27. The van der Waals surface area contributed by atoms with Gasteiger partial charge in [0.05, 0.1) is 6.20 Å². The molecule has 0 aliphatic rings. The number of carboxylic acid groups (broad SMARTS) is 1. The molecule has 0 saturated carbocycles. The molecule has 0 amide bonds. The molecular weight excluding hydrogens is 282 g/mol. The summed E-state index contributed by atoms with van der Waals surface area (Å²) in [5, 5.41) is 8.93. The van der Waals surface area contributed by atoms with E-state index in [0.717, 1.165) is 18.6 Å². The van der Waals surface area contributed by atoms with Crippen molar-refractivity contribution < 1.29 is 18.7 Å². The Labute approximate surface area is 116 Å². The molecule has 1 N–H and O–H groups in total. The first-order valence-corrected chi connectivity index (χ1v) is 5.73. The van der Waals surface area contributed by atoms with Crippen LogP contribution in [0.15, 0.2) is 30.7 Å². The van der Waals surface area contributed by atoms with Crippen LogP contribution in [0.25, 0.3) is 22.4 Å². The topological polar surface area (TPSA) is 88.9 Å². The van der Waals surface area contributed by atoms with E-state index in [1.165, 1.54) is 6.07 Å². The standard InChI is InChI=1S/C13H6F2N4O2/c14-6-1-2-7(8(15)3-6)10-11-12(18-5-17-10)16-4-9(19-11)13(20)21/h1-5H,(H,20,21). The lowest BCUT2D eigenvalue weighted by atomic mass is 10.1. The van der Waals surface area contributed by atoms with Crippen LogP contribution in [0, 0.1) is 11.6 Å². The zero-order chi connectivity index (χ0) is 15.0. The molecule has 0 unspecified atom stereocenters. The molecule has 0 aliphatic heterocycles. The van der Waals surface area contributed by atoms with Gasteiger partial charge in [-0.05, 0) is 12.1 Å². The first-order valence-electron chi connectivity index (χ1n) is 5.73. The Hall–Kier alpha value is -3.03. The normalized spacial score (nSPS) is 10.8. The second-order valence-electron chi connectivity index (χ2n) is 4.08. The molecule has 8 heteroatoms. The molecular formula is C13H6F2N4O2. The van der Waals surface area contributed by atoms with E-state index in [1.54, 1.807) is 0 Å². The van der Waals surface area contributed by atoms with Crippen LogP contribution in [0.3, 0.4) is 0 Å². The number of nitrogens with zero attached hydrogens (tertiary/aromatic N) is 4. The Morgan fingerprint density at radius 2 is 1.95 bits per heavy atom. The number of aromatic nitrogens is 4. The zero-order valence-electron chi connectivity index (χ0n) is 10.3. The minimum atomic E-state index is -1.28. The van der Waals surface area contributed by atoms with Gasteiger partial charge in [-0.2, -0.15) is 0 Å². The zero-order valence-corrected chi connectivity index (χ0v) is 10.3. The van der Waals surface area contributed by atoms with Crippen LogP contribution in [-0.4, -0.2) is 31.0 Å². The van der Waals surface area contributed by atoms with E-state index in [2.05, 4.69) is 19.9 Å². The van der Waals surface area contributed by atoms with Crippen LogP contribution in [-0.2, 0) is 0 Å². The molecule has 2 heterocycles. The van der Waals surface area contributed by atoms with Gasteiger partial charge in [-0.1, -0.05) is 0 Å². The Kier molecular flexibility index (Phi) is 2.98. The number of carboxylic acids is 1. The molecule has 21 heavy (non-hydrogen) atoms. The average molecular weight is 288 g/mol. The van der Waals surface area contributed by atoms with Crippen molar-refractivity contribution in [3.05, 3.63) is 48.1 Å². The molecule has 0 bridgehead atoms. The third-order valence-electron chi connectivity index (χ3n) is 2.75. The van der Waals surface area contributed by atoms with Gasteiger partial charge in [-0.15, -0.1) is 0 Å². The molecule has 6 nitrogen and oxygen atoms in total. The van der Waals surface area contributed by atoms with Crippen molar-refractivity contribution in [2.24, 2.45) is 0 Å². The van der Waals surface area contributed by atoms with Gasteiger partial charge in [-0.3, -0.25) is 0 Å². The minimum Gasteiger partial charge on any atom is -0.476 e. The monoisotopic (exact) mass is 288 g/mol. The largest absolute Gasteiger partial charge is 0.476 e. The number of rotatable bonds is 2. The highest BCUT2D eigenvalue weighted by Crippen LogP contribution is 2.26. The first kappa shape index (κ1) is 13.0. The molecule has 3 aromatic rings. The highest BCUT2D eigenvalue weighted by Gasteiger charge is 2.15. The van der Waals surface area contributed by atoms with Crippen molar-refractivity contribution in [3.8, 4) is 11.3 Å². The van der Waals surface area contributed by atoms with Gasteiger partial charge in [0.1, 0.15) is 29.2 Å². The highest BCUT2D eigenvalue weighted by molar-refractivity contribution is 5.91. The van der Waals surface area contributed by atoms with Crippen LogP contribution < -0.4 is 0 Å². The summed E-state index contributed by atoms with van der Waals surface area (Å²) in [5.41, 5.74) is -0.133. The highest BCUT2D eigenvalue weighted by atomic mass is 19.1. The summed E-state index contributed by atoms with van der Waals surface area (Å²) in [6, 6.07) is 2.97. The van der Waals surface area contributed by atoms with E-state index in [0.29, 0.717) is 6.07 Å². The Morgan fingerprint density at radius 3 is 2.67 bits per heavy atom. The maximum Gasteiger partial charge on any atom is 0.356 e. The van der Waals surface area contributed by atoms with Crippen LogP contribution in [0.1, 0.15) is 10.5 Å². The summed E-state index contributed by atoms with van der Waals surface area (Å²) in [5.74, 6) is -2.84. The van der Waals surface area contributed by atoms with Gasteiger partial charge in [-0.25, -0.2) is 33.5 Å². The predicted molar refractivity (Wildman–Crippen MR) is 67.4 cm³/mol. The molecule has 2 aromatic heterocycles. The Bertz CT molecular complexity index is 870. The van der Waals surface area contributed by atoms with E-state index < -0.39 is 17.6 Å². The van der Waals surface area contributed by atoms with E-state index in [9.17, 15) is 13.6 Å². The number of hydrogen-bond donors (Lipinski definition) is 1. The number of fused-ring (bicyclic) bond motifs is 1. The summed E-state index contributed by atoms with van der Waals surface area (Å²) in [6.07, 6.45) is 2.19. The lowest BCUT2D eigenvalue weighted by Crippen LogP contribution is -2.04. The minimum absolute atomic E-state index is 0.0133. The van der Waals surface area contributed by atoms with Gasteiger partial charge in [0.25, 0.3) is 0 Å². The van der Waals surface area contributed by atoms with Gasteiger partial charge < -0.3 is 5.11 Å². The average Bonchev–Trinajstić information content (AvgIpc) is 2.46. The second kappa shape index (κ2) is 4.82. The van der Waals surface area contributed by atoms with Crippen LogP contribution in [0.5, 0.6) is 0 Å². The van der Waals surface area contributed by atoms with Crippen LogP contribution in [0.2, 0.25) is 0 Å². The number of hydrogen-bond acceptors (Lipinski definition) is 5. The van der Waals surface area contributed by atoms with Gasteiger partial charge in [0.2, 0.25) is 0 Å². The van der Waals surface area contributed by atoms with Gasteiger partial charge in [0, 0.05) is 11.6 Å². The Morgan fingerprint density at radius 1 is 1.14 bits per heavy atom. The number of aromatic carboxylic acids is 1. The van der Waals surface area contributed by atoms with Crippen molar-refractivity contribution >= 4 is 17.1 Å². The van der Waals surface area contributed by atoms with Crippen molar-refractivity contribution in [2.45, 2.75) is 0 Å². The SMILES string of the molecule is O=C(O)c1cnc2ncnc(-c3ccc(F)cc3F)c2n1. The molecule has 1 aromatic carbocycles. The second-order valence-corrected chi connectivity index (χ2v) is 4.08. The van der Waals surface area contributed by atoms with E-state index in [1.807, 2.05) is 0 Å². The summed E-state index contributed by atoms with van der Waals surface area (Å²) in [6.45, 7) is 0. The quantitative estimate of drug-likeness (QED) is 0.776. The van der Waals surface area contributed by atoms with E-state index >= 15 is 0 Å². The fourth-order valence-electron chi connectivity index (χ4n) is 1.82. The molecule has 0 radical (unpaired) electrons. The molecule has 0 aliphatic carbocycles. The van der Waals surface area contributed by atoms with E-state index in [-0.39, 0.29) is 28.1 Å². The Balaban J connectivity index is 2.31. The van der Waals surface area contributed by atoms with E-state index in [4.69, 9.17) is 5.11 Å². The summed E-state index contributed by atoms with van der Waals surface area (Å²) in [7, 11) is 0. The van der Waals surface area contributed by atoms with Crippen molar-refractivity contribution in [3.63, 3.8) is 0 Å². The fourth-order valence-corrected chi connectivity index (χ4v) is 1.82. The summed E-state index contributed by atoms with van der Waals surface area (Å²) in [4.78, 5) is 26.4. The molecule has 0 saturated heterocycles. The molecule has 3 rings (SSSR count). The maximum absolute atomic E-state index is 13.9. The smallest absolute Gasteiger partial charge is 0.356 e. The predicted octanol–water partition coefficient (Wildman–Crippen LogP) is 2.06. The van der Waals surface area contributed by atoms with Crippen molar-refractivity contribution in [2.75, 3.05) is 0 Å². The van der Waals surface area contributed by atoms with Crippen molar-refractivity contribution in [1.29, 1.82) is 0 Å². The van der Waals surface area contributed by atoms with Crippen LogP contribution >= 0.6 is 0 Å². The van der Waals surface area contributed by atoms with Gasteiger partial charge >= 0.3 is 5.97 Å². The fraction of sp³-hybridized carbons (Fsp3) is 0. The third-order valence-corrected chi connectivity index (χ3v) is 2.75. The molecule has 0 fully saturated rings.